The second-order valence-corrected chi connectivity index (χ2v) is 6.27. The van der Waals surface area contributed by atoms with Gasteiger partial charge in [-0.15, -0.1) is 0 Å². The van der Waals surface area contributed by atoms with Gasteiger partial charge in [-0.3, -0.25) is 0 Å². The van der Waals surface area contributed by atoms with Crippen molar-refractivity contribution in [2.24, 2.45) is 0 Å². The fourth-order valence-corrected chi connectivity index (χ4v) is 2.83. The van der Waals surface area contributed by atoms with Crippen molar-refractivity contribution in [2.45, 2.75) is 32.9 Å². The number of rotatable bonds is 5. The Morgan fingerprint density at radius 2 is 2.00 bits per heavy atom. The molecule has 0 heterocycles. The van der Waals surface area contributed by atoms with Gasteiger partial charge in [-0.2, -0.15) is 0 Å². The van der Waals surface area contributed by atoms with Gasteiger partial charge < -0.3 is 5.32 Å². The normalized spacial score (nSPS) is 12.4. The van der Waals surface area contributed by atoms with Gasteiger partial charge in [-0.05, 0) is 48.2 Å². The quantitative estimate of drug-likeness (QED) is 0.733. The molecule has 2 aromatic carbocycles. The molecule has 0 spiro atoms. The highest BCUT2D eigenvalue weighted by atomic mass is 79.9. The van der Waals surface area contributed by atoms with E-state index in [9.17, 15) is 0 Å². The van der Waals surface area contributed by atoms with Crippen molar-refractivity contribution in [1.82, 2.24) is 5.32 Å². The van der Waals surface area contributed by atoms with Crippen LogP contribution in [-0.2, 0) is 6.54 Å². The van der Waals surface area contributed by atoms with Crippen molar-refractivity contribution in [1.29, 1.82) is 0 Å². The maximum Gasteiger partial charge on any atom is 0.0409 e. The summed E-state index contributed by atoms with van der Waals surface area (Å²) in [5.41, 5.74) is 3.78. The number of aryl methyl sites for hydroxylation is 1. The molecule has 0 aromatic heterocycles. The Morgan fingerprint density at radius 3 is 2.65 bits per heavy atom. The topological polar surface area (TPSA) is 12.0 Å². The molecule has 106 valence electrons. The molecule has 0 saturated heterocycles. The lowest BCUT2D eigenvalue weighted by atomic mass is 10.0. The molecule has 1 N–H and O–H groups in total. The summed E-state index contributed by atoms with van der Waals surface area (Å²) in [5, 5.41) is 4.39. The minimum Gasteiger partial charge on any atom is -0.306 e. The molecule has 0 radical (unpaired) electrons. The van der Waals surface area contributed by atoms with Gasteiger partial charge in [0.2, 0.25) is 0 Å². The molecule has 2 rings (SSSR count). The first-order valence-electron chi connectivity index (χ1n) is 6.84. The Kier molecular flexibility index (Phi) is 5.64. The van der Waals surface area contributed by atoms with Crippen molar-refractivity contribution in [3.8, 4) is 0 Å². The molecule has 0 aliphatic rings. The van der Waals surface area contributed by atoms with Gasteiger partial charge in [-0.1, -0.05) is 58.7 Å². The second-order valence-electron chi connectivity index (χ2n) is 4.98. The number of hydrogen-bond acceptors (Lipinski definition) is 1. The molecule has 1 nitrogen and oxygen atoms in total. The van der Waals surface area contributed by atoms with E-state index in [1.54, 1.807) is 0 Å². The van der Waals surface area contributed by atoms with Crippen LogP contribution < -0.4 is 5.32 Å². The maximum absolute atomic E-state index is 6.07. The zero-order chi connectivity index (χ0) is 14.5. The van der Waals surface area contributed by atoms with Gasteiger partial charge in [-0.25, -0.2) is 0 Å². The fraction of sp³-hybridized carbons (Fsp3) is 0.294. The lowest BCUT2D eigenvalue weighted by Gasteiger charge is -2.18. The van der Waals surface area contributed by atoms with Crippen LogP contribution in [0.2, 0.25) is 5.02 Å². The van der Waals surface area contributed by atoms with Crippen molar-refractivity contribution in [3.05, 3.63) is 68.7 Å². The largest absolute Gasteiger partial charge is 0.306 e. The smallest absolute Gasteiger partial charge is 0.0409 e. The molecule has 0 aliphatic carbocycles. The van der Waals surface area contributed by atoms with E-state index in [1.165, 1.54) is 16.7 Å². The highest BCUT2D eigenvalue weighted by molar-refractivity contribution is 9.10. The third-order valence-corrected chi connectivity index (χ3v) is 4.54. The number of benzene rings is 2. The minimum absolute atomic E-state index is 0.328. The van der Waals surface area contributed by atoms with E-state index < -0.39 is 0 Å². The van der Waals surface area contributed by atoms with Crippen LogP contribution in [0.15, 0.2) is 46.9 Å². The predicted octanol–water partition coefficient (Wildman–Crippen LogP) is 5.65. The summed E-state index contributed by atoms with van der Waals surface area (Å²) in [6, 6.07) is 14.9. The van der Waals surface area contributed by atoms with E-state index in [1.807, 2.05) is 18.2 Å². The molecular weight excluding hydrogens is 334 g/mol. The Morgan fingerprint density at radius 1 is 1.20 bits per heavy atom. The summed E-state index contributed by atoms with van der Waals surface area (Å²) < 4.78 is 1.16. The molecule has 1 atom stereocenters. The van der Waals surface area contributed by atoms with E-state index >= 15 is 0 Å². The lowest BCUT2D eigenvalue weighted by molar-refractivity contribution is 0.519. The highest BCUT2D eigenvalue weighted by Crippen LogP contribution is 2.22. The molecule has 20 heavy (non-hydrogen) atoms. The molecule has 2 aromatic rings. The van der Waals surface area contributed by atoms with E-state index in [-0.39, 0.29) is 0 Å². The maximum atomic E-state index is 6.07. The van der Waals surface area contributed by atoms with Crippen LogP contribution in [0.25, 0.3) is 0 Å². The monoisotopic (exact) mass is 351 g/mol. The van der Waals surface area contributed by atoms with Crippen LogP contribution in [0.5, 0.6) is 0 Å². The Balaban J connectivity index is 2.05. The second kappa shape index (κ2) is 7.26. The Bertz CT molecular complexity index is 583. The first-order chi connectivity index (χ1) is 9.60. The van der Waals surface area contributed by atoms with Crippen LogP contribution in [0, 0.1) is 6.92 Å². The zero-order valence-electron chi connectivity index (χ0n) is 11.8. The van der Waals surface area contributed by atoms with Crippen LogP contribution in [0.4, 0.5) is 0 Å². The van der Waals surface area contributed by atoms with Gasteiger partial charge >= 0.3 is 0 Å². The minimum atomic E-state index is 0.328. The average molecular weight is 353 g/mol. The summed E-state index contributed by atoms with van der Waals surface area (Å²) in [6.07, 6.45) is 1.04. The van der Waals surface area contributed by atoms with Crippen molar-refractivity contribution >= 4 is 27.5 Å². The zero-order valence-corrected chi connectivity index (χ0v) is 14.1. The third-order valence-electron chi connectivity index (χ3n) is 3.45. The molecular formula is C17H19BrClN. The highest BCUT2D eigenvalue weighted by Gasteiger charge is 2.09. The molecule has 0 aliphatic heterocycles. The summed E-state index contributed by atoms with van der Waals surface area (Å²) in [4.78, 5) is 0. The molecule has 0 amide bonds. The van der Waals surface area contributed by atoms with Crippen LogP contribution in [0.3, 0.4) is 0 Å². The van der Waals surface area contributed by atoms with Gasteiger partial charge in [0.15, 0.2) is 0 Å². The van der Waals surface area contributed by atoms with E-state index in [4.69, 9.17) is 11.6 Å². The van der Waals surface area contributed by atoms with Crippen LogP contribution in [0.1, 0.15) is 36.1 Å². The predicted molar refractivity (Wildman–Crippen MR) is 90.2 cm³/mol. The Labute approximate surface area is 134 Å². The van der Waals surface area contributed by atoms with Crippen molar-refractivity contribution < 1.29 is 0 Å². The SMILES string of the molecule is CCC(NCc1ccc(C)c(Br)c1)c1cccc(Cl)c1. The van der Waals surface area contributed by atoms with Crippen molar-refractivity contribution in [2.75, 3.05) is 0 Å². The van der Waals surface area contributed by atoms with Gasteiger partial charge in [0.1, 0.15) is 0 Å². The summed E-state index contributed by atoms with van der Waals surface area (Å²) in [6.45, 7) is 5.13. The summed E-state index contributed by atoms with van der Waals surface area (Å²) in [5.74, 6) is 0. The summed E-state index contributed by atoms with van der Waals surface area (Å²) in [7, 11) is 0. The standard InChI is InChI=1S/C17H19BrClN/c1-3-17(14-5-4-6-15(19)10-14)20-11-13-8-7-12(2)16(18)9-13/h4-10,17,20H,3,11H2,1-2H3. The number of nitrogens with one attached hydrogen (secondary N) is 1. The molecule has 0 saturated carbocycles. The van der Waals surface area contributed by atoms with E-state index in [2.05, 4.69) is 59.4 Å². The van der Waals surface area contributed by atoms with Gasteiger partial charge in [0, 0.05) is 22.1 Å². The summed E-state index contributed by atoms with van der Waals surface area (Å²) >= 11 is 9.65. The molecule has 3 heteroatoms. The molecule has 0 bridgehead atoms. The van der Waals surface area contributed by atoms with Crippen LogP contribution >= 0.6 is 27.5 Å². The molecule has 0 fully saturated rings. The molecule has 1 unspecified atom stereocenters. The number of hydrogen-bond donors (Lipinski definition) is 1. The van der Waals surface area contributed by atoms with E-state index in [0.717, 1.165) is 22.5 Å². The first-order valence-corrected chi connectivity index (χ1v) is 8.01. The van der Waals surface area contributed by atoms with Crippen LogP contribution in [-0.4, -0.2) is 0 Å². The van der Waals surface area contributed by atoms with Gasteiger partial charge in [0.25, 0.3) is 0 Å². The first kappa shape index (κ1) is 15.6. The van der Waals surface area contributed by atoms with Crippen molar-refractivity contribution in [3.63, 3.8) is 0 Å². The fourth-order valence-electron chi connectivity index (χ4n) is 2.21. The third kappa shape index (κ3) is 4.08. The number of halogens is 2. The lowest BCUT2D eigenvalue weighted by Crippen LogP contribution is -2.20. The Hall–Kier alpha value is -0.830. The van der Waals surface area contributed by atoms with Gasteiger partial charge in [0.05, 0.1) is 0 Å². The van der Waals surface area contributed by atoms with E-state index in [0.29, 0.717) is 6.04 Å². The average Bonchev–Trinajstić information content (AvgIpc) is 2.43.